The molecule has 68 valence electrons. The van der Waals surface area contributed by atoms with E-state index in [9.17, 15) is 13.2 Å². The first-order chi connectivity index (χ1) is 4.63. The second-order valence-electron chi connectivity index (χ2n) is 1.83. The third-order valence-corrected chi connectivity index (χ3v) is 1.63. The molecule has 0 fully saturated rings. The average molecular weight is 250 g/mol. The smallest absolute Gasteiger partial charge is 0.169 e. The number of rotatable bonds is 1. The maximum Gasteiger partial charge on any atom is 0.405 e. The van der Waals surface area contributed by atoms with Gasteiger partial charge in [-0.3, -0.25) is 0 Å². The number of hydrogen-bond donors (Lipinski definition) is 0. The van der Waals surface area contributed by atoms with E-state index in [1.807, 2.05) is 0 Å². The summed E-state index contributed by atoms with van der Waals surface area (Å²) >= 11 is 20.1. The van der Waals surface area contributed by atoms with E-state index < -0.39 is 21.8 Å². The molecule has 0 aromatic rings. The standard InChI is InChI=1S/C4H3Cl4F3/c5-2(4(9,10)11)1-3(6,7)8/h2H,1H2/t2-/m0/s1. The predicted molar refractivity (Wildman–Crippen MR) is 40.6 cm³/mol. The van der Waals surface area contributed by atoms with E-state index in [4.69, 9.17) is 46.4 Å². The normalized spacial score (nSPS) is 16.6. The Bertz CT molecular complexity index is 126. The first kappa shape index (κ1) is 11.9. The zero-order valence-corrected chi connectivity index (χ0v) is 7.95. The van der Waals surface area contributed by atoms with Crippen LogP contribution >= 0.6 is 46.4 Å². The molecule has 7 heteroatoms. The van der Waals surface area contributed by atoms with Gasteiger partial charge in [-0.15, -0.1) is 11.6 Å². The highest BCUT2D eigenvalue weighted by Gasteiger charge is 2.42. The average Bonchev–Trinajstić information content (AvgIpc) is 1.56. The van der Waals surface area contributed by atoms with Crippen molar-refractivity contribution in [2.45, 2.75) is 21.8 Å². The predicted octanol–water partition coefficient (Wildman–Crippen LogP) is 3.92. The molecule has 0 rings (SSSR count). The fraction of sp³-hybridized carbons (Fsp3) is 1.00. The van der Waals surface area contributed by atoms with Crippen LogP contribution in [0.3, 0.4) is 0 Å². The Balaban J connectivity index is 3.99. The molecule has 0 amide bonds. The van der Waals surface area contributed by atoms with Crippen LogP contribution in [0.4, 0.5) is 13.2 Å². The SMILES string of the molecule is FC(F)(F)[C@@H](Cl)CC(Cl)(Cl)Cl. The van der Waals surface area contributed by atoms with Gasteiger partial charge < -0.3 is 0 Å². The fourth-order valence-electron chi connectivity index (χ4n) is 0.319. The molecule has 0 saturated carbocycles. The lowest BCUT2D eigenvalue weighted by atomic mass is 10.3. The van der Waals surface area contributed by atoms with Crippen LogP contribution in [0.15, 0.2) is 0 Å². The molecule has 0 aliphatic heterocycles. The van der Waals surface area contributed by atoms with Gasteiger partial charge in [0.05, 0.1) is 0 Å². The van der Waals surface area contributed by atoms with Gasteiger partial charge in [-0.25, -0.2) is 0 Å². The second-order valence-corrected chi connectivity index (χ2v) is 4.87. The van der Waals surface area contributed by atoms with Crippen molar-refractivity contribution in [1.29, 1.82) is 0 Å². The van der Waals surface area contributed by atoms with Gasteiger partial charge >= 0.3 is 6.18 Å². The summed E-state index contributed by atoms with van der Waals surface area (Å²) in [4.78, 5) is 0. The number of hydrogen-bond acceptors (Lipinski definition) is 0. The molecule has 0 aliphatic carbocycles. The van der Waals surface area contributed by atoms with Crippen LogP contribution in [0.2, 0.25) is 0 Å². The van der Waals surface area contributed by atoms with Crippen LogP contribution in [-0.4, -0.2) is 15.3 Å². The van der Waals surface area contributed by atoms with Crippen LogP contribution in [0.5, 0.6) is 0 Å². The van der Waals surface area contributed by atoms with Gasteiger partial charge in [0, 0.05) is 6.42 Å². The molecule has 0 heterocycles. The first-order valence-electron chi connectivity index (χ1n) is 2.40. The zero-order valence-electron chi connectivity index (χ0n) is 4.93. The zero-order chi connectivity index (χ0) is 9.28. The summed E-state index contributed by atoms with van der Waals surface area (Å²) in [6.07, 6.45) is -5.27. The van der Waals surface area contributed by atoms with Gasteiger partial charge in [0.1, 0.15) is 5.38 Å². The Morgan fingerprint density at radius 2 is 1.45 bits per heavy atom. The van der Waals surface area contributed by atoms with E-state index in [0.29, 0.717) is 0 Å². The van der Waals surface area contributed by atoms with Crippen LogP contribution in [-0.2, 0) is 0 Å². The molecule has 0 aliphatic rings. The molecule has 0 unspecified atom stereocenters. The van der Waals surface area contributed by atoms with Crippen molar-refractivity contribution < 1.29 is 13.2 Å². The van der Waals surface area contributed by atoms with Crippen LogP contribution < -0.4 is 0 Å². The Morgan fingerprint density at radius 1 is 1.09 bits per heavy atom. The van der Waals surface area contributed by atoms with Crippen LogP contribution in [0.1, 0.15) is 6.42 Å². The maximum atomic E-state index is 11.7. The quantitative estimate of drug-likeness (QED) is 0.618. The summed E-state index contributed by atoms with van der Waals surface area (Å²) in [6.45, 7) is 0. The number of halogens is 7. The molecule has 1 atom stereocenters. The molecule has 0 nitrogen and oxygen atoms in total. The van der Waals surface area contributed by atoms with Crippen molar-refractivity contribution in [2.75, 3.05) is 0 Å². The molecular weight excluding hydrogens is 247 g/mol. The van der Waals surface area contributed by atoms with Crippen molar-refractivity contribution in [3.05, 3.63) is 0 Å². The minimum absolute atomic E-state index is 0.747. The van der Waals surface area contributed by atoms with Gasteiger partial charge in [-0.05, 0) is 0 Å². The van der Waals surface area contributed by atoms with E-state index in [1.54, 1.807) is 0 Å². The van der Waals surface area contributed by atoms with Crippen LogP contribution in [0.25, 0.3) is 0 Å². The Hall–Kier alpha value is 0.950. The van der Waals surface area contributed by atoms with Gasteiger partial charge in [0.25, 0.3) is 0 Å². The highest BCUT2D eigenvalue weighted by molar-refractivity contribution is 6.67. The highest BCUT2D eigenvalue weighted by atomic mass is 35.6. The molecular formula is C4H3Cl4F3. The molecule has 0 aromatic heterocycles. The van der Waals surface area contributed by atoms with Crippen molar-refractivity contribution in [2.24, 2.45) is 0 Å². The van der Waals surface area contributed by atoms with E-state index in [2.05, 4.69) is 0 Å². The lowest BCUT2D eigenvalue weighted by molar-refractivity contribution is -0.131. The third-order valence-electron chi connectivity index (χ3n) is 0.766. The fourth-order valence-corrected chi connectivity index (χ4v) is 1.25. The summed E-state index contributed by atoms with van der Waals surface area (Å²) in [5.74, 6) is 0. The minimum atomic E-state index is -4.52. The third kappa shape index (κ3) is 6.14. The lowest BCUT2D eigenvalue weighted by Gasteiger charge is -2.17. The monoisotopic (exact) mass is 248 g/mol. The summed E-state index contributed by atoms with van der Waals surface area (Å²) in [6, 6.07) is 0. The second kappa shape index (κ2) is 3.77. The van der Waals surface area contributed by atoms with Gasteiger partial charge in [0.2, 0.25) is 0 Å². The summed E-state index contributed by atoms with van der Waals surface area (Å²) in [5, 5.41) is -2.12. The maximum absolute atomic E-state index is 11.7. The highest BCUT2D eigenvalue weighted by Crippen LogP contribution is 2.38. The Kier molecular flexibility index (Phi) is 4.10. The molecule has 0 spiro atoms. The largest absolute Gasteiger partial charge is 0.405 e. The van der Waals surface area contributed by atoms with Gasteiger partial charge in [-0.1, -0.05) is 34.8 Å². The van der Waals surface area contributed by atoms with E-state index in [-0.39, 0.29) is 0 Å². The molecule has 0 N–H and O–H groups in total. The van der Waals surface area contributed by atoms with E-state index in [1.165, 1.54) is 0 Å². The topological polar surface area (TPSA) is 0 Å². The first-order valence-corrected chi connectivity index (χ1v) is 3.97. The minimum Gasteiger partial charge on any atom is -0.169 e. The van der Waals surface area contributed by atoms with Crippen LogP contribution in [0, 0.1) is 0 Å². The lowest BCUT2D eigenvalue weighted by Crippen LogP contribution is -2.27. The van der Waals surface area contributed by atoms with Crippen molar-refractivity contribution in [3.8, 4) is 0 Å². The van der Waals surface area contributed by atoms with Crippen molar-refractivity contribution >= 4 is 46.4 Å². The van der Waals surface area contributed by atoms with Gasteiger partial charge in [-0.2, -0.15) is 13.2 Å². The molecule has 0 saturated heterocycles. The Labute approximate surface area is 81.5 Å². The van der Waals surface area contributed by atoms with Crippen molar-refractivity contribution in [1.82, 2.24) is 0 Å². The summed E-state index contributed by atoms with van der Waals surface area (Å²) in [7, 11) is 0. The van der Waals surface area contributed by atoms with Crippen molar-refractivity contribution in [3.63, 3.8) is 0 Å². The molecule has 0 aromatic carbocycles. The van der Waals surface area contributed by atoms with E-state index in [0.717, 1.165) is 0 Å². The Morgan fingerprint density at radius 3 is 1.55 bits per heavy atom. The van der Waals surface area contributed by atoms with E-state index >= 15 is 0 Å². The number of alkyl halides is 7. The molecule has 11 heavy (non-hydrogen) atoms. The summed E-state index contributed by atoms with van der Waals surface area (Å²) in [5.41, 5.74) is 0. The molecule has 0 bridgehead atoms. The molecule has 0 radical (unpaired) electrons. The summed E-state index contributed by atoms with van der Waals surface area (Å²) < 4.78 is 33.1. The van der Waals surface area contributed by atoms with Gasteiger partial charge in [0.15, 0.2) is 3.79 Å².